The number of aromatic nitrogens is 2. The molecule has 1 aliphatic rings. The van der Waals surface area contributed by atoms with Crippen LogP contribution in [-0.4, -0.2) is 39.1 Å². The van der Waals surface area contributed by atoms with Gasteiger partial charge in [-0.2, -0.15) is 5.10 Å². The van der Waals surface area contributed by atoms with E-state index in [1.807, 2.05) is 21.8 Å². The minimum atomic E-state index is -0.498. The number of amides is 2. The summed E-state index contributed by atoms with van der Waals surface area (Å²) in [5.74, 6) is -0.517. The maximum atomic E-state index is 12.7. The quantitative estimate of drug-likeness (QED) is 0.932. The summed E-state index contributed by atoms with van der Waals surface area (Å²) < 4.78 is 1.86. The first-order valence-corrected chi connectivity index (χ1v) is 8.20. The van der Waals surface area contributed by atoms with Crippen molar-refractivity contribution in [2.75, 3.05) is 6.54 Å². The molecule has 1 saturated heterocycles. The highest BCUT2D eigenvalue weighted by Crippen LogP contribution is 2.24. The van der Waals surface area contributed by atoms with Gasteiger partial charge in [-0.1, -0.05) is 0 Å². The molecule has 2 aromatic heterocycles. The smallest absolute Gasteiger partial charge is 0.264 e. The van der Waals surface area contributed by atoms with Gasteiger partial charge in [0.25, 0.3) is 5.91 Å². The average molecular weight is 318 g/mol. The van der Waals surface area contributed by atoms with Crippen LogP contribution in [0.4, 0.5) is 0 Å². The fourth-order valence-electron chi connectivity index (χ4n) is 2.80. The molecule has 0 aliphatic carbocycles. The first kappa shape index (κ1) is 14.8. The molecule has 1 aliphatic heterocycles. The SMILES string of the molecule is NC(=O)c1csc(C(=O)N2CCCCC2Cn2cccn2)c1. The van der Waals surface area contributed by atoms with E-state index >= 15 is 0 Å². The zero-order valence-corrected chi connectivity index (χ0v) is 13.0. The van der Waals surface area contributed by atoms with Crippen LogP contribution in [-0.2, 0) is 6.54 Å². The third-order valence-electron chi connectivity index (χ3n) is 3.94. The number of carbonyl (C=O) groups excluding carboxylic acids is 2. The highest BCUT2D eigenvalue weighted by Gasteiger charge is 2.28. The minimum absolute atomic E-state index is 0.0191. The van der Waals surface area contributed by atoms with Crippen LogP contribution in [0.5, 0.6) is 0 Å². The van der Waals surface area contributed by atoms with Gasteiger partial charge in [-0.25, -0.2) is 0 Å². The first-order chi connectivity index (χ1) is 10.6. The van der Waals surface area contributed by atoms with Crippen LogP contribution in [0.25, 0.3) is 0 Å². The molecule has 0 radical (unpaired) electrons. The maximum Gasteiger partial charge on any atom is 0.264 e. The van der Waals surface area contributed by atoms with Gasteiger partial charge in [-0.15, -0.1) is 11.3 Å². The third kappa shape index (κ3) is 3.04. The van der Waals surface area contributed by atoms with E-state index < -0.39 is 5.91 Å². The van der Waals surface area contributed by atoms with Gasteiger partial charge in [0.15, 0.2) is 0 Å². The molecule has 2 aromatic rings. The van der Waals surface area contributed by atoms with Crippen LogP contribution in [0.1, 0.15) is 39.3 Å². The molecule has 22 heavy (non-hydrogen) atoms. The lowest BCUT2D eigenvalue weighted by Gasteiger charge is -2.35. The highest BCUT2D eigenvalue weighted by molar-refractivity contribution is 7.12. The van der Waals surface area contributed by atoms with Crippen molar-refractivity contribution in [2.45, 2.75) is 31.8 Å². The van der Waals surface area contributed by atoms with Gasteiger partial charge in [0.2, 0.25) is 5.91 Å². The molecule has 0 bridgehead atoms. The van der Waals surface area contributed by atoms with Crippen molar-refractivity contribution in [1.82, 2.24) is 14.7 Å². The van der Waals surface area contributed by atoms with E-state index in [1.165, 1.54) is 11.3 Å². The minimum Gasteiger partial charge on any atom is -0.366 e. The number of likely N-dealkylation sites (tertiary alicyclic amines) is 1. The zero-order chi connectivity index (χ0) is 15.5. The molecule has 0 aromatic carbocycles. The Labute approximate surface area is 132 Å². The van der Waals surface area contributed by atoms with Crippen LogP contribution in [0.15, 0.2) is 29.9 Å². The Morgan fingerprint density at radius 2 is 2.27 bits per heavy atom. The van der Waals surface area contributed by atoms with E-state index in [1.54, 1.807) is 17.6 Å². The van der Waals surface area contributed by atoms with Crippen LogP contribution in [0.2, 0.25) is 0 Å². The number of carbonyl (C=O) groups is 2. The summed E-state index contributed by atoms with van der Waals surface area (Å²) in [4.78, 5) is 26.4. The largest absolute Gasteiger partial charge is 0.366 e. The predicted molar refractivity (Wildman–Crippen MR) is 83.7 cm³/mol. The molecule has 2 N–H and O–H groups in total. The molecular weight excluding hydrogens is 300 g/mol. The normalized spacial score (nSPS) is 18.4. The van der Waals surface area contributed by atoms with E-state index in [0.717, 1.165) is 25.8 Å². The van der Waals surface area contributed by atoms with E-state index in [0.29, 0.717) is 17.0 Å². The van der Waals surface area contributed by atoms with Gasteiger partial charge in [-0.3, -0.25) is 14.3 Å². The van der Waals surface area contributed by atoms with Crippen molar-refractivity contribution in [1.29, 1.82) is 0 Å². The fourth-order valence-corrected chi connectivity index (χ4v) is 3.65. The van der Waals surface area contributed by atoms with Crippen LogP contribution >= 0.6 is 11.3 Å². The summed E-state index contributed by atoms with van der Waals surface area (Å²) >= 11 is 1.28. The van der Waals surface area contributed by atoms with Crippen LogP contribution in [0, 0.1) is 0 Å². The second-order valence-corrected chi connectivity index (χ2v) is 6.35. The van der Waals surface area contributed by atoms with Crippen molar-refractivity contribution < 1.29 is 9.59 Å². The Morgan fingerprint density at radius 1 is 1.41 bits per heavy atom. The molecule has 0 saturated carbocycles. The second kappa shape index (κ2) is 6.31. The number of hydrogen-bond acceptors (Lipinski definition) is 4. The van der Waals surface area contributed by atoms with Crippen molar-refractivity contribution >= 4 is 23.2 Å². The lowest BCUT2D eigenvalue weighted by Crippen LogP contribution is -2.45. The zero-order valence-electron chi connectivity index (χ0n) is 12.1. The standard InChI is InChI=1S/C15H18N4O2S/c16-14(20)11-8-13(22-10-11)15(21)19-7-2-1-4-12(19)9-18-6-3-5-17-18/h3,5-6,8,10,12H,1-2,4,7,9H2,(H2,16,20). The summed E-state index contributed by atoms with van der Waals surface area (Å²) in [5, 5.41) is 5.87. The molecule has 7 heteroatoms. The summed E-state index contributed by atoms with van der Waals surface area (Å²) in [7, 11) is 0. The van der Waals surface area contributed by atoms with Gasteiger partial charge in [0.05, 0.1) is 23.0 Å². The number of rotatable bonds is 4. The molecule has 2 amide bonds. The fraction of sp³-hybridized carbons (Fsp3) is 0.400. The summed E-state index contributed by atoms with van der Waals surface area (Å²) in [5.41, 5.74) is 5.65. The average Bonchev–Trinajstić information content (AvgIpc) is 3.18. The number of nitrogens with zero attached hydrogens (tertiary/aromatic N) is 3. The number of piperidine rings is 1. The summed E-state index contributed by atoms with van der Waals surface area (Å²) in [6, 6.07) is 3.61. The van der Waals surface area contributed by atoms with Gasteiger partial charge < -0.3 is 10.6 Å². The van der Waals surface area contributed by atoms with E-state index in [2.05, 4.69) is 5.10 Å². The number of hydrogen-bond donors (Lipinski definition) is 1. The van der Waals surface area contributed by atoms with Gasteiger partial charge >= 0.3 is 0 Å². The van der Waals surface area contributed by atoms with Gasteiger partial charge in [0, 0.05) is 24.3 Å². The Morgan fingerprint density at radius 3 is 2.95 bits per heavy atom. The predicted octanol–water partition coefficient (Wildman–Crippen LogP) is 1.74. The van der Waals surface area contributed by atoms with Crippen molar-refractivity contribution in [3.05, 3.63) is 40.3 Å². The Bertz CT molecular complexity index is 665. The van der Waals surface area contributed by atoms with Gasteiger partial charge in [0.1, 0.15) is 0 Å². The van der Waals surface area contributed by atoms with E-state index in [4.69, 9.17) is 5.73 Å². The topological polar surface area (TPSA) is 81.2 Å². The third-order valence-corrected chi connectivity index (χ3v) is 4.86. The Kier molecular flexibility index (Phi) is 4.24. The molecule has 0 spiro atoms. The Hall–Kier alpha value is -2.15. The number of thiophene rings is 1. The Balaban J connectivity index is 1.77. The van der Waals surface area contributed by atoms with E-state index in [-0.39, 0.29) is 11.9 Å². The summed E-state index contributed by atoms with van der Waals surface area (Å²) in [6.07, 6.45) is 6.75. The molecule has 1 fully saturated rings. The van der Waals surface area contributed by atoms with E-state index in [9.17, 15) is 9.59 Å². The van der Waals surface area contributed by atoms with Crippen LogP contribution < -0.4 is 5.73 Å². The number of primary amides is 1. The van der Waals surface area contributed by atoms with Crippen molar-refractivity contribution in [2.24, 2.45) is 5.73 Å². The van der Waals surface area contributed by atoms with Crippen molar-refractivity contribution in [3.8, 4) is 0 Å². The van der Waals surface area contributed by atoms with Gasteiger partial charge in [-0.05, 0) is 31.4 Å². The first-order valence-electron chi connectivity index (χ1n) is 7.32. The summed E-state index contributed by atoms with van der Waals surface area (Å²) in [6.45, 7) is 1.45. The molecule has 1 unspecified atom stereocenters. The molecule has 3 heterocycles. The lowest BCUT2D eigenvalue weighted by molar-refractivity contribution is 0.0589. The second-order valence-electron chi connectivity index (χ2n) is 5.44. The molecule has 116 valence electrons. The number of nitrogens with two attached hydrogens (primary N) is 1. The molecule has 6 nitrogen and oxygen atoms in total. The maximum absolute atomic E-state index is 12.7. The van der Waals surface area contributed by atoms with Crippen LogP contribution in [0.3, 0.4) is 0 Å². The monoisotopic (exact) mass is 318 g/mol. The van der Waals surface area contributed by atoms with Crippen molar-refractivity contribution in [3.63, 3.8) is 0 Å². The molecule has 1 atom stereocenters. The molecular formula is C15H18N4O2S. The lowest BCUT2D eigenvalue weighted by atomic mass is 10.0. The molecule has 3 rings (SSSR count). The highest BCUT2D eigenvalue weighted by atomic mass is 32.1.